The van der Waals surface area contributed by atoms with E-state index < -0.39 is 11.5 Å². The van der Waals surface area contributed by atoms with Gasteiger partial charge >= 0.3 is 5.63 Å². The number of fused-ring (bicyclic) bond motifs is 1. The molecule has 1 aliphatic rings. The number of aromatic nitrogens is 2. The van der Waals surface area contributed by atoms with Gasteiger partial charge in [-0.25, -0.2) is 4.79 Å². The summed E-state index contributed by atoms with van der Waals surface area (Å²) in [6.45, 7) is 0. The normalized spacial score (nSPS) is 15.0. The van der Waals surface area contributed by atoms with Crippen LogP contribution in [0.3, 0.4) is 0 Å². The number of nitrogens with one attached hydrogen (secondary N) is 1. The van der Waals surface area contributed by atoms with Crippen molar-refractivity contribution in [2.45, 2.75) is 38.0 Å². The Morgan fingerprint density at radius 2 is 2.04 bits per heavy atom. The lowest BCUT2D eigenvalue weighted by molar-refractivity contribution is 0.102. The third-order valence-corrected chi connectivity index (χ3v) is 5.81. The van der Waals surface area contributed by atoms with E-state index in [0.717, 1.165) is 17.8 Å². The number of carbonyl (C=O) groups excluding carboxylic acids is 1. The summed E-state index contributed by atoms with van der Waals surface area (Å²) in [5.74, 6) is 0.563. The van der Waals surface area contributed by atoms with E-state index in [-0.39, 0.29) is 5.56 Å². The van der Waals surface area contributed by atoms with E-state index >= 15 is 0 Å². The standard InChI is InChI=1S/C19H19N3O4S/c1-25-12-7-8-13-14(10-16(23)26-15(13)9-12)17(24)20-19-22-21-18(27-19)11-5-3-2-4-6-11/h7-11H,2-6H2,1H3,(H,20,22,24). The topological polar surface area (TPSA) is 94.3 Å². The number of benzene rings is 1. The summed E-state index contributed by atoms with van der Waals surface area (Å²) in [7, 11) is 1.52. The van der Waals surface area contributed by atoms with Gasteiger partial charge in [-0.1, -0.05) is 30.6 Å². The van der Waals surface area contributed by atoms with Crippen molar-refractivity contribution in [3.8, 4) is 5.75 Å². The van der Waals surface area contributed by atoms with E-state index in [0.29, 0.717) is 27.8 Å². The minimum Gasteiger partial charge on any atom is -0.497 e. The predicted octanol–water partition coefficient (Wildman–Crippen LogP) is 3.95. The van der Waals surface area contributed by atoms with Crippen molar-refractivity contribution < 1.29 is 13.9 Å². The molecule has 3 aromatic rings. The summed E-state index contributed by atoms with van der Waals surface area (Å²) in [5.41, 5.74) is -0.0634. The summed E-state index contributed by atoms with van der Waals surface area (Å²) in [6, 6.07) is 6.18. The lowest BCUT2D eigenvalue weighted by Crippen LogP contribution is -2.15. The van der Waals surface area contributed by atoms with Crippen molar-refractivity contribution in [3.63, 3.8) is 0 Å². The van der Waals surface area contributed by atoms with Crippen LogP contribution in [0.25, 0.3) is 11.0 Å². The number of methoxy groups -OCH3 is 1. The van der Waals surface area contributed by atoms with Crippen molar-refractivity contribution in [2.75, 3.05) is 12.4 Å². The molecule has 7 nitrogen and oxygen atoms in total. The van der Waals surface area contributed by atoms with Gasteiger partial charge in [-0.05, 0) is 25.0 Å². The number of rotatable bonds is 4. The molecule has 0 unspecified atom stereocenters. The summed E-state index contributed by atoms with van der Waals surface area (Å²) in [5, 5.41) is 13.0. The molecule has 8 heteroatoms. The molecular weight excluding hydrogens is 366 g/mol. The van der Waals surface area contributed by atoms with Crippen LogP contribution in [0.4, 0.5) is 5.13 Å². The molecule has 27 heavy (non-hydrogen) atoms. The maximum absolute atomic E-state index is 12.7. The van der Waals surface area contributed by atoms with Gasteiger partial charge in [0.1, 0.15) is 16.3 Å². The first kappa shape index (κ1) is 17.7. The summed E-state index contributed by atoms with van der Waals surface area (Å²) >= 11 is 1.40. The van der Waals surface area contributed by atoms with Gasteiger partial charge in [0.25, 0.3) is 5.91 Å². The van der Waals surface area contributed by atoms with Crippen molar-refractivity contribution >= 4 is 33.3 Å². The molecule has 0 spiro atoms. The molecule has 1 saturated carbocycles. The Kier molecular flexibility index (Phi) is 4.89. The van der Waals surface area contributed by atoms with Gasteiger partial charge in [-0.2, -0.15) is 0 Å². The third-order valence-electron chi connectivity index (χ3n) is 4.81. The molecule has 2 heterocycles. The van der Waals surface area contributed by atoms with Crippen molar-refractivity contribution in [3.05, 3.63) is 45.3 Å². The molecule has 0 radical (unpaired) electrons. The van der Waals surface area contributed by atoms with E-state index in [9.17, 15) is 9.59 Å². The minimum atomic E-state index is -0.596. The fourth-order valence-corrected chi connectivity index (χ4v) is 4.33. The molecule has 0 atom stereocenters. The number of ether oxygens (including phenoxy) is 1. The molecule has 0 aliphatic heterocycles. The van der Waals surface area contributed by atoms with Gasteiger partial charge in [0.15, 0.2) is 0 Å². The first-order valence-electron chi connectivity index (χ1n) is 8.90. The van der Waals surface area contributed by atoms with Crippen LogP contribution < -0.4 is 15.7 Å². The molecule has 1 aliphatic carbocycles. The highest BCUT2D eigenvalue weighted by Crippen LogP contribution is 2.35. The second-order valence-corrected chi connectivity index (χ2v) is 7.58. The Hall–Kier alpha value is -2.74. The maximum atomic E-state index is 12.7. The van der Waals surface area contributed by atoms with Crippen molar-refractivity contribution in [1.29, 1.82) is 0 Å². The Balaban J connectivity index is 1.60. The quantitative estimate of drug-likeness (QED) is 0.683. The summed E-state index contributed by atoms with van der Waals surface area (Å²) < 4.78 is 10.3. The predicted molar refractivity (Wildman–Crippen MR) is 103 cm³/mol. The Morgan fingerprint density at radius 1 is 1.22 bits per heavy atom. The highest BCUT2D eigenvalue weighted by Gasteiger charge is 2.21. The van der Waals surface area contributed by atoms with Crippen LogP contribution in [0.5, 0.6) is 5.75 Å². The van der Waals surface area contributed by atoms with Crippen molar-refractivity contribution in [1.82, 2.24) is 10.2 Å². The fourth-order valence-electron chi connectivity index (χ4n) is 3.42. The lowest BCUT2D eigenvalue weighted by Gasteiger charge is -2.18. The van der Waals surface area contributed by atoms with Crippen LogP contribution in [-0.2, 0) is 0 Å². The van der Waals surface area contributed by atoms with E-state index in [4.69, 9.17) is 9.15 Å². The number of amides is 1. The van der Waals surface area contributed by atoms with Crippen molar-refractivity contribution in [2.24, 2.45) is 0 Å². The maximum Gasteiger partial charge on any atom is 0.337 e. The molecule has 140 valence electrons. The van der Waals surface area contributed by atoms with E-state index in [1.165, 1.54) is 43.8 Å². The van der Waals surface area contributed by atoms with Gasteiger partial charge in [0, 0.05) is 23.4 Å². The third kappa shape index (κ3) is 3.71. The Labute approximate surface area is 159 Å². The molecule has 1 fully saturated rings. The number of hydrogen-bond acceptors (Lipinski definition) is 7. The average Bonchev–Trinajstić information content (AvgIpc) is 3.15. The Bertz CT molecular complexity index is 1040. The van der Waals surface area contributed by atoms with Crippen LogP contribution in [-0.4, -0.2) is 23.2 Å². The largest absolute Gasteiger partial charge is 0.497 e. The molecule has 0 bridgehead atoms. The summed E-state index contributed by atoms with van der Waals surface area (Å²) in [6.07, 6.45) is 5.93. The molecule has 0 saturated heterocycles. The second-order valence-electron chi connectivity index (χ2n) is 6.58. The number of nitrogens with zero attached hydrogens (tertiary/aromatic N) is 2. The van der Waals surface area contributed by atoms with Crippen LogP contribution >= 0.6 is 11.3 Å². The molecule has 1 aromatic carbocycles. The van der Waals surface area contributed by atoms with Gasteiger partial charge in [0.2, 0.25) is 5.13 Å². The van der Waals surface area contributed by atoms with Crippen LogP contribution in [0.1, 0.15) is 53.4 Å². The van der Waals surface area contributed by atoms with Gasteiger partial charge in [0.05, 0.1) is 12.7 Å². The van der Waals surface area contributed by atoms with Crippen LogP contribution in [0, 0.1) is 0 Å². The zero-order chi connectivity index (χ0) is 18.8. The fraction of sp³-hybridized carbons (Fsp3) is 0.368. The Morgan fingerprint density at radius 3 is 2.81 bits per heavy atom. The molecule has 1 amide bonds. The van der Waals surface area contributed by atoms with Gasteiger partial charge in [-0.15, -0.1) is 10.2 Å². The lowest BCUT2D eigenvalue weighted by atomic mass is 9.90. The molecular formula is C19H19N3O4S. The van der Waals surface area contributed by atoms with Gasteiger partial charge in [-0.3, -0.25) is 10.1 Å². The molecule has 1 N–H and O–H groups in total. The molecule has 2 aromatic heterocycles. The van der Waals surface area contributed by atoms with E-state index in [2.05, 4.69) is 15.5 Å². The first-order valence-corrected chi connectivity index (χ1v) is 9.72. The van der Waals surface area contributed by atoms with Crippen LogP contribution in [0.15, 0.2) is 33.5 Å². The van der Waals surface area contributed by atoms with Gasteiger partial charge < -0.3 is 9.15 Å². The smallest absolute Gasteiger partial charge is 0.337 e. The number of anilines is 1. The number of hydrogen-bond donors (Lipinski definition) is 1. The zero-order valence-corrected chi connectivity index (χ0v) is 15.7. The first-order chi connectivity index (χ1) is 13.1. The highest BCUT2D eigenvalue weighted by molar-refractivity contribution is 7.15. The van der Waals surface area contributed by atoms with E-state index in [1.807, 2.05) is 0 Å². The number of carbonyl (C=O) groups is 1. The average molecular weight is 385 g/mol. The zero-order valence-electron chi connectivity index (χ0n) is 14.9. The highest BCUT2D eigenvalue weighted by atomic mass is 32.1. The second kappa shape index (κ2) is 7.48. The van der Waals surface area contributed by atoms with Crippen LogP contribution in [0.2, 0.25) is 0 Å². The SMILES string of the molecule is COc1ccc2c(C(=O)Nc3nnc(C4CCCCC4)s3)cc(=O)oc2c1. The summed E-state index contributed by atoms with van der Waals surface area (Å²) in [4.78, 5) is 24.6. The molecule has 4 rings (SSSR count). The van der Waals surface area contributed by atoms with E-state index in [1.54, 1.807) is 18.2 Å². The minimum absolute atomic E-state index is 0.235. The monoisotopic (exact) mass is 385 g/mol.